The summed E-state index contributed by atoms with van der Waals surface area (Å²) in [7, 11) is 0. The molecule has 1 N–H and O–H groups in total. The van der Waals surface area contributed by atoms with Crippen LogP contribution in [0.25, 0.3) is 0 Å². The van der Waals surface area contributed by atoms with Crippen molar-refractivity contribution in [3.8, 4) is 0 Å². The van der Waals surface area contributed by atoms with Crippen molar-refractivity contribution in [1.82, 2.24) is 5.32 Å². The Morgan fingerprint density at radius 3 is 2.56 bits per heavy atom. The van der Waals surface area contributed by atoms with Crippen molar-refractivity contribution in [2.75, 3.05) is 0 Å². The first kappa shape index (κ1) is 8.56. The fourth-order valence-corrected chi connectivity index (χ4v) is 0.834. The van der Waals surface area contributed by atoms with Crippen LogP contribution in [0.5, 0.6) is 0 Å². The van der Waals surface area contributed by atoms with Crippen molar-refractivity contribution in [2.24, 2.45) is 0 Å². The molecule has 0 unspecified atom stereocenters. The molecule has 0 saturated carbocycles. The van der Waals surface area contributed by atoms with Crippen LogP contribution in [0.3, 0.4) is 0 Å². The number of hydrogen-bond acceptors (Lipinski definition) is 2. The molecule has 0 atom stereocenters. The van der Waals surface area contributed by atoms with Crippen molar-refractivity contribution < 1.29 is 4.79 Å². The number of carbonyl (C=O) groups excluding carboxylic acids is 1. The zero-order valence-electron chi connectivity index (χ0n) is 5.73. The van der Waals surface area contributed by atoms with Gasteiger partial charge in [0.1, 0.15) is 0 Å². The fraction of sp³-hybridized carbons (Fsp3) is 0.667. The topological polar surface area (TPSA) is 29.1 Å². The van der Waals surface area contributed by atoms with Gasteiger partial charge in [-0.3, -0.25) is 4.79 Å². The maximum atomic E-state index is 10.3. The van der Waals surface area contributed by atoms with Crippen LogP contribution in [-0.4, -0.2) is 10.9 Å². The van der Waals surface area contributed by atoms with Crippen molar-refractivity contribution >= 4 is 23.1 Å². The molecule has 0 fully saturated rings. The molecular weight excluding hydrogens is 134 g/mol. The lowest BCUT2D eigenvalue weighted by Gasteiger charge is -1.99. The van der Waals surface area contributed by atoms with Crippen LogP contribution in [0, 0.1) is 0 Å². The summed E-state index contributed by atoms with van der Waals surface area (Å²) in [6.45, 7) is 3.48. The first-order valence-corrected chi connectivity index (χ1v) is 3.38. The molecule has 0 bridgehead atoms. The van der Waals surface area contributed by atoms with Gasteiger partial charge in [0.15, 0.2) is 0 Å². The lowest BCUT2D eigenvalue weighted by molar-refractivity contribution is -0.117. The first-order chi connectivity index (χ1) is 4.16. The van der Waals surface area contributed by atoms with E-state index >= 15 is 0 Å². The van der Waals surface area contributed by atoms with Crippen LogP contribution in [-0.2, 0) is 4.79 Å². The molecule has 0 spiro atoms. The Morgan fingerprint density at radius 1 is 1.67 bits per heavy atom. The normalized spacial score (nSPS) is 8.67. The summed E-state index contributed by atoms with van der Waals surface area (Å²) in [5.74, 6) is -0.0755. The highest BCUT2D eigenvalue weighted by Crippen LogP contribution is 1.87. The number of rotatable bonds is 2. The van der Waals surface area contributed by atoms with E-state index in [4.69, 9.17) is 12.2 Å². The Morgan fingerprint density at radius 2 is 2.22 bits per heavy atom. The van der Waals surface area contributed by atoms with E-state index in [0.717, 1.165) is 12.8 Å². The van der Waals surface area contributed by atoms with E-state index in [9.17, 15) is 4.79 Å². The van der Waals surface area contributed by atoms with Gasteiger partial charge < -0.3 is 5.32 Å². The highest BCUT2D eigenvalue weighted by Gasteiger charge is 1.94. The molecule has 1 amide bonds. The number of amides is 1. The first-order valence-electron chi connectivity index (χ1n) is 2.97. The van der Waals surface area contributed by atoms with Crippen LogP contribution in [0.4, 0.5) is 0 Å². The SMILES string of the molecule is CCCC(=S)NC(C)=O. The second-order valence-electron chi connectivity index (χ2n) is 1.85. The molecule has 52 valence electrons. The van der Waals surface area contributed by atoms with E-state index < -0.39 is 0 Å². The molecule has 0 aliphatic rings. The maximum absolute atomic E-state index is 10.3. The van der Waals surface area contributed by atoms with Crippen molar-refractivity contribution in [3.63, 3.8) is 0 Å². The molecule has 2 nitrogen and oxygen atoms in total. The van der Waals surface area contributed by atoms with Crippen LogP contribution in [0.15, 0.2) is 0 Å². The Hall–Kier alpha value is -0.440. The van der Waals surface area contributed by atoms with Gasteiger partial charge >= 0.3 is 0 Å². The summed E-state index contributed by atoms with van der Waals surface area (Å²) in [4.78, 5) is 11.0. The largest absolute Gasteiger partial charge is 0.321 e. The Kier molecular flexibility index (Phi) is 4.22. The molecule has 3 heteroatoms. The molecule has 0 heterocycles. The molecule has 0 aromatic heterocycles. The second-order valence-corrected chi connectivity index (χ2v) is 2.35. The number of thiocarbonyl (C=S) groups is 1. The summed E-state index contributed by atoms with van der Waals surface area (Å²) < 4.78 is 0. The van der Waals surface area contributed by atoms with Crippen LogP contribution in [0.2, 0.25) is 0 Å². The average Bonchev–Trinajstić information content (AvgIpc) is 1.63. The average molecular weight is 145 g/mol. The number of hydrogen-bond donors (Lipinski definition) is 1. The third-order valence-electron chi connectivity index (χ3n) is 0.793. The molecule has 0 rings (SSSR count). The predicted molar refractivity (Wildman–Crippen MR) is 41.3 cm³/mol. The molecule has 0 radical (unpaired) electrons. The number of nitrogens with one attached hydrogen (secondary N) is 1. The molecule has 0 aliphatic heterocycles. The van der Waals surface area contributed by atoms with Crippen molar-refractivity contribution in [3.05, 3.63) is 0 Å². The summed E-state index contributed by atoms with van der Waals surface area (Å²) in [6, 6.07) is 0. The van der Waals surface area contributed by atoms with Gasteiger partial charge in [-0.25, -0.2) is 0 Å². The summed E-state index contributed by atoms with van der Waals surface area (Å²) in [6.07, 6.45) is 1.79. The highest BCUT2D eigenvalue weighted by molar-refractivity contribution is 7.80. The van der Waals surface area contributed by atoms with Gasteiger partial charge in [-0.05, 0) is 12.8 Å². The standard InChI is InChI=1S/C6H11NOS/c1-3-4-6(9)7-5(2)8/h3-4H2,1-2H3,(H,7,8,9). The Labute approximate surface area is 60.6 Å². The van der Waals surface area contributed by atoms with Gasteiger partial charge in [-0.1, -0.05) is 19.1 Å². The summed E-state index contributed by atoms with van der Waals surface area (Å²) in [5.41, 5.74) is 0. The van der Waals surface area contributed by atoms with Crippen molar-refractivity contribution in [2.45, 2.75) is 26.7 Å². The molecule has 0 aliphatic carbocycles. The Balaban J connectivity index is 3.39. The zero-order valence-corrected chi connectivity index (χ0v) is 6.55. The van der Waals surface area contributed by atoms with E-state index in [2.05, 4.69) is 5.32 Å². The predicted octanol–water partition coefficient (Wildman–Crippen LogP) is 1.25. The van der Waals surface area contributed by atoms with E-state index in [1.165, 1.54) is 6.92 Å². The van der Waals surface area contributed by atoms with Gasteiger partial charge in [0.05, 0.1) is 4.99 Å². The second kappa shape index (κ2) is 4.44. The van der Waals surface area contributed by atoms with Gasteiger partial charge in [-0.15, -0.1) is 0 Å². The zero-order chi connectivity index (χ0) is 7.28. The minimum Gasteiger partial charge on any atom is -0.321 e. The van der Waals surface area contributed by atoms with E-state index in [1.54, 1.807) is 0 Å². The third kappa shape index (κ3) is 5.43. The van der Waals surface area contributed by atoms with Gasteiger partial charge in [0.25, 0.3) is 0 Å². The van der Waals surface area contributed by atoms with Crippen LogP contribution in [0.1, 0.15) is 26.7 Å². The minimum atomic E-state index is -0.0755. The molecule has 0 aromatic rings. The number of carbonyl (C=O) groups is 1. The summed E-state index contributed by atoms with van der Waals surface area (Å²) in [5, 5.41) is 2.54. The fourth-order valence-electron chi connectivity index (χ4n) is 0.486. The quantitative estimate of drug-likeness (QED) is 0.592. The van der Waals surface area contributed by atoms with E-state index in [-0.39, 0.29) is 5.91 Å². The third-order valence-corrected chi connectivity index (χ3v) is 1.10. The van der Waals surface area contributed by atoms with Gasteiger partial charge in [0.2, 0.25) is 5.91 Å². The smallest absolute Gasteiger partial charge is 0.221 e. The monoisotopic (exact) mass is 145 g/mol. The minimum absolute atomic E-state index is 0.0755. The molecule has 9 heavy (non-hydrogen) atoms. The molecule has 0 saturated heterocycles. The maximum Gasteiger partial charge on any atom is 0.221 e. The lowest BCUT2D eigenvalue weighted by atomic mass is 10.3. The van der Waals surface area contributed by atoms with E-state index in [1.807, 2.05) is 6.92 Å². The summed E-state index contributed by atoms with van der Waals surface area (Å²) >= 11 is 4.80. The van der Waals surface area contributed by atoms with Gasteiger partial charge in [0, 0.05) is 6.92 Å². The van der Waals surface area contributed by atoms with Gasteiger partial charge in [-0.2, -0.15) is 0 Å². The van der Waals surface area contributed by atoms with E-state index in [0.29, 0.717) is 4.99 Å². The Bertz CT molecular complexity index is 122. The lowest BCUT2D eigenvalue weighted by Crippen LogP contribution is -2.25. The molecule has 0 aromatic carbocycles. The van der Waals surface area contributed by atoms with Crippen LogP contribution < -0.4 is 5.32 Å². The van der Waals surface area contributed by atoms with Crippen LogP contribution >= 0.6 is 12.2 Å². The molecular formula is C6H11NOS. The highest BCUT2D eigenvalue weighted by atomic mass is 32.1. The van der Waals surface area contributed by atoms with Crippen molar-refractivity contribution in [1.29, 1.82) is 0 Å².